The summed E-state index contributed by atoms with van der Waals surface area (Å²) in [5.41, 5.74) is 2.64. The van der Waals surface area contributed by atoms with Gasteiger partial charge in [-0.25, -0.2) is 4.98 Å². The fourth-order valence-corrected chi connectivity index (χ4v) is 6.09. The number of thiazole rings is 1. The van der Waals surface area contributed by atoms with Crippen LogP contribution in [0.25, 0.3) is 0 Å². The van der Waals surface area contributed by atoms with E-state index in [1.807, 2.05) is 41.8 Å². The lowest BCUT2D eigenvalue weighted by molar-refractivity contribution is -0.149. The van der Waals surface area contributed by atoms with Crippen LogP contribution in [0.4, 0.5) is 0 Å². The van der Waals surface area contributed by atoms with Gasteiger partial charge in [-0.15, -0.1) is 11.3 Å². The van der Waals surface area contributed by atoms with Gasteiger partial charge in [0.2, 0.25) is 6.79 Å². The number of piperidine rings is 1. The molecule has 0 N–H and O–H groups in total. The third kappa shape index (κ3) is 7.14. The zero-order valence-electron chi connectivity index (χ0n) is 24.3. The molecule has 0 aliphatic carbocycles. The summed E-state index contributed by atoms with van der Waals surface area (Å²) in [5, 5.41) is 2.67. The summed E-state index contributed by atoms with van der Waals surface area (Å²) in [6.45, 7) is 5.34. The van der Waals surface area contributed by atoms with Crippen molar-refractivity contribution in [3.05, 3.63) is 63.6 Å². The number of hydrogen-bond donors (Lipinski definition) is 0. The average Bonchev–Trinajstić information content (AvgIpc) is 3.69. The highest BCUT2D eigenvalue weighted by Gasteiger charge is 2.30. The highest BCUT2D eigenvalue weighted by atomic mass is 32.1. The zero-order chi connectivity index (χ0) is 29.5. The van der Waals surface area contributed by atoms with E-state index in [-0.39, 0.29) is 24.6 Å². The Morgan fingerprint density at radius 3 is 2.67 bits per heavy atom. The van der Waals surface area contributed by atoms with Crippen LogP contribution in [0.5, 0.6) is 23.0 Å². The normalized spacial score (nSPS) is 16.0. The summed E-state index contributed by atoms with van der Waals surface area (Å²) in [4.78, 5) is 34.3. The van der Waals surface area contributed by atoms with Gasteiger partial charge in [0.05, 0.1) is 33.3 Å². The Labute approximate surface area is 250 Å². The van der Waals surface area contributed by atoms with E-state index in [0.717, 1.165) is 53.4 Å². The lowest BCUT2D eigenvalue weighted by Crippen LogP contribution is -2.43. The van der Waals surface area contributed by atoms with Gasteiger partial charge in [-0.3, -0.25) is 14.5 Å². The van der Waals surface area contributed by atoms with E-state index < -0.39 is 0 Å². The number of carbonyl (C=O) groups is 2. The first kappa shape index (κ1) is 29.7. The third-order valence-electron chi connectivity index (χ3n) is 7.47. The first-order valence-corrected chi connectivity index (χ1v) is 15.1. The van der Waals surface area contributed by atoms with Crippen molar-refractivity contribution >= 4 is 23.2 Å². The molecule has 1 aromatic heterocycles. The molecular weight excluding hydrogens is 558 g/mol. The number of methoxy groups -OCH3 is 2. The molecule has 1 unspecified atom stereocenters. The molecule has 1 saturated heterocycles. The van der Waals surface area contributed by atoms with Gasteiger partial charge in [-0.2, -0.15) is 0 Å². The molecular formula is C31H37N3O7S. The van der Waals surface area contributed by atoms with Gasteiger partial charge < -0.3 is 28.6 Å². The number of esters is 1. The van der Waals surface area contributed by atoms with E-state index in [0.29, 0.717) is 50.0 Å². The van der Waals surface area contributed by atoms with Crippen molar-refractivity contribution in [3.63, 3.8) is 0 Å². The standard InChI is InChI=1S/C31H37N3O7S/c1-4-39-31(36)23-6-5-12-34(17-23)30(35)24-19-42-29(32-24)18-33(16-22-8-10-26-28(15-22)41-20-40-26)13-11-21-7-9-25(37-2)27(14-21)38-3/h7-10,14-15,19,23H,4-6,11-13,16-18,20H2,1-3H3. The first-order chi connectivity index (χ1) is 20.5. The maximum atomic E-state index is 13.3. The van der Waals surface area contributed by atoms with Crippen molar-refractivity contribution < 1.29 is 33.3 Å². The van der Waals surface area contributed by atoms with Crippen LogP contribution in [0.1, 0.15) is 46.4 Å². The number of rotatable bonds is 12. The molecule has 0 spiro atoms. The molecule has 10 nitrogen and oxygen atoms in total. The minimum absolute atomic E-state index is 0.140. The van der Waals surface area contributed by atoms with Crippen LogP contribution < -0.4 is 18.9 Å². The Morgan fingerprint density at radius 1 is 1.05 bits per heavy atom. The molecule has 0 radical (unpaired) electrons. The zero-order valence-corrected chi connectivity index (χ0v) is 25.1. The smallest absolute Gasteiger partial charge is 0.310 e. The summed E-state index contributed by atoms with van der Waals surface area (Å²) in [6, 6.07) is 12.0. The summed E-state index contributed by atoms with van der Waals surface area (Å²) in [6.07, 6.45) is 2.29. The van der Waals surface area contributed by atoms with Crippen LogP contribution in [0.15, 0.2) is 41.8 Å². The average molecular weight is 596 g/mol. The van der Waals surface area contributed by atoms with Gasteiger partial charge in [-0.05, 0) is 61.6 Å². The minimum atomic E-state index is -0.283. The summed E-state index contributed by atoms with van der Waals surface area (Å²) in [7, 11) is 3.26. The van der Waals surface area contributed by atoms with Crippen molar-refractivity contribution in [1.82, 2.24) is 14.8 Å². The molecule has 3 aromatic rings. The fourth-order valence-electron chi connectivity index (χ4n) is 5.28. The van der Waals surface area contributed by atoms with Gasteiger partial charge in [0, 0.05) is 31.6 Å². The van der Waals surface area contributed by atoms with Crippen molar-refractivity contribution in [2.45, 2.75) is 39.3 Å². The number of fused-ring (bicyclic) bond motifs is 1. The molecule has 2 aliphatic heterocycles. The van der Waals surface area contributed by atoms with Crippen LogP contribution >= 0.6 is 11.3 Å². The molecule has 2 aromatic carbocycles. The SMILES string of the molecule is CCOC(=O)C1CCCN(C(=O)c2csc(CN(CCc3ccc(OC)c(OC)c3)Cc3ccc4c(c3)OCO4)n2)C1. The van der Waals surface area contributed by atoms with Crippen molar-refractivity contribution in [2.24, 2.45) is 5.92 Å². The van der Waals surface area contributed by atoms with E-state index >= 15 is 0 Å². The molecule has 1 atom stereocenters. The number of ether oxygens (including phenoxy) is 5. The van der Waals surface area contributed by atoms with Gasteiger partial charge >= 0.3 is 5.97 Å². The van der Waals surface area contributed by atoms with Crippen LogP contribution in [-0.2, 0) is 29.0 Å². The monoisotopic (exact) mass is 595 g/mol. The van der Waals surface area contributed by atoms with Gasteiger partial charge in [-0.1, -0.05) is 12.1 Å². The molecule has 1 fully saturated rings. The summed E-state index contributed by atoms with van der Waals surface area (Å²) >= 11 is 1.48. The molecule has 3 heterocycles. The number of hydrogen-bond acceptors (Lipinski definition) is 10. The molecule has 0 saturated carbocycles. The molecule has 5 rings (SSSR count). The van der Waals surface area contributed by atoms with Gasteiger partial charge in [0.25, 0.3) is 5.91 Å². The number of nitrogens with zero attached hydrogens (tertiary/aromatic N) is 3. The second-order valence-corrected chi connectivity index (χ2v) is 11.2. The molecule has 2 aliphatic rings. The lowest BCUT2D eigenvalue weighted by Gasteiger charge is -2.31. The van der Waals surface area contributed by atoms with E-state index in [4.69, 9.17) is 28.7 Å². The minimum Gasteiger partial charge on any atom is -0.493 e. The van der Waals surface area contributed by atoms with Gasteiger partial charge in [0.1, 0.15) is 10.7 Å². The van der Waals surface area contributed by atoms with Crippen molar-refractivity contribution in [3.8, 4) is 23.0 Å². The van der Waals surface area contributed by atoms with Gasteiger partial charge in [0.15, 0.2) is 23.0 Å². The Morgan fingerprint density at radius 2 is 1.86 bits per heavy atom. The third-order valence-corrected chi connectivity index (χ3v) is 8.30. The van der Waals surface area contributed by atoms with Crippen LogP contribution in [0.2, 0.25) is 0 Å². The number of benzene rings is 2. The topological polar surface area (TPSA) is 99.7 Å². The number of carbonyl (C=O) groups excluding carboxylic acids is 2. The molecule has 42 heavy (non-hydrogen) atoms. The maximum absolute atomic E-state index is 13.3. The Kier molecular flexibility index (Phi) is 9.81. The van der Waals surface area contributed by atoms with Crippen LogP contribution in [-0.4, -0.2) is 73.9 Å². The number of likely N-dealkylation sites (tertiary alicyclic amines) is 1. The fraction of sp³-hybridized carbons (Fsp3) is 0.452. The largest absolute Gasteiger partial charge is 0.493 e. The van der Waals surface area contributed by atoms with Crippen LogP contribution in [0.3, 0.4) is 0 Å². The number of aromatic nitrogens is 1. The Bertz CT molecular complexity index is 1390. The molecule has 11 heteroatoms. The maximum Gasteiger partial charge on any atom is 0.310 e. The Hall–Kier alpha value is -3.83. The second kappa shape index (κ2) is 13.9. The summed E-state index contributed by atoms with van der Waals surface area (Å²) < 4.78 is 27.1. The van der Waals surface area contributed by atoms with Crippen LogP contribution in [0, 0.1) is 5.92 Å². The predicted molar refractivity (Wildman–Crippen MR) is 157 cm³/mol. The highest BCUT2D eigenvalue weighted by Crippen LogP contribution is 2.33. The van der Waals surface area contributed by atoms with E-state index in [2.05, 4.69) is 4.90 Å². The van der Waals surface area contributed by atoms with E-state index in [1.54, 1.807) is 26.0 Å². The molecule has 0 bridgehead atoms. The Balaban J connectivity index is 1.28. The van der Waals surface area contributed by atoms with Crippen molar-refractivity contribution in [2.75, 3.05) is 47.3 Å². The van der Waals surface area contributed by atoms with E-state index in [1.165, 1.54) is 11.3 Å². The molecule has 224 valence electrons. The highest BCUT2D eigenvalue weighted by molar-refractivity contribution is 7.09. The first-order valence-electron chi connectivity index (χ1n) is 14.2. The van der Waals surface area contributed by atoms with E-state index in [9.17, 15) is 9.59 Å². The lowest BCUT2D eigenvalue weighted by atomic mass is 9.98. The quantitative estimate of drug-likeness (QED) is 0.279. The number of amides is 1. The van der Waals surface area contributed by atoms with Crippen molar-refractivity contribution in [1.29, 1.82) is 0 Å². The summed E-state index contributed by atoms with van der Waals surface area (Å²) in [5.74, 6) is 2.24. The second-order valence-electron chi connectivity index (χ2n) is 10.3. The predicted octanol–water partition coefficient (Wildman–Crippen LogP) is 4.55. The molecule has 1 amide bonds.